The SMILES string of the molecule is Cc1cccc(-c2cnc3c(F)cn(CC(=O)N(C)C)c3c2)c1F. The van der Waals surface area contributed by atoms with Crippen LogP contribution in [-0.4, -0.2) is 34.5 Å². The summed E-state index contributed by atoms with van der Waals surface area (Å²) in [6.45, 7) is 1.68. The van der Waals surface area contributed by atoms with E-state index in [4.69, 9.17) is 0 Å². The zero-order valence-corrected chi connectivity index (χ0v) is 13.7. The highest BCUT2D eigenvalue weighted by Gasteiger charge is 2.15. The van der Waals surface area contributed by atoms with Crippen LogP contribution < -0.4 is 0 Å². The molecule has 6 heteroatoms. The van der Waals surface area contributed by atoms with Crippen molar-refractivity contribution in [1.29, 1.82) is 0 Å². The van der Waals surface area contributed by atoms with Crippen molar-refractivity contribution in [1.82, 2.24) is 14.5 Å². The summed E-state index contributed by atoms with van der Waals surface area (Å²) >= 11 is 0. The summed E-state index contributed by atoms with van der Waals surface area (Å²) in [7, 11) is 3.27. The highest BCUT2D eigenvalue weighted by atomic mass is 19.1. The quantitative estimate of drug-likeness (QED) is 0.739. The van der Waals surface area contributed by atoms with Gasteiger partial charge in [0.25, 0.3) is 0 Å². The fourth-order valence-electron chi connectivity index (χ4n) is 2.56. The first-order valence-electron chi connectivity index (χ1n) is 7.48. The predicted molar refractivity (Wildman–Crippen MR) is 88.5 cm³/mol. The largest absolute Gasteiger partial charge is 0.347 e. The van der Waals surface area contributed by atoms with E-state index in [2.05, 4.69) is 4.98 Å². The molecule has 0 fully saturated rings. The van der Waals surface area contributed by atoms with Gasteiger partial charge in [-0.3, -0.25) is 9.78 Å². The topological polar surface area (TPSA) is 38.1 Å². The summed E-state index contributed by atoms with van der Waals surface area (Å²) in [5.41, 5.74) is 2.09. The maximum Gasteiger partial charge on any atom is 0.241 e. The van der Waals surface area contributed by atoms with Crippen molar-refractivity contribution in [2.24, 2.45) is 0 Å². The Balaban J connectivity index is 2.13. The molecule has 0 aliphatic carbocycles. The Morgan fingerprint density at radius 3 is 2.75 bits per heavy atom. The second-order valence-electron chi connectivity index (χ2n) is 5.92. The predicted octanol–water partition coefficient (Wildman–Crippen LogP) is 3.38. The number of halogens is 2. The van der Waals surface area contributed by atoms with E-state index in [9.17, 15) is 13.6 Å². The summed E-state index contributed by atoms with van der Waals surface area (Å²) in [6, 6.07) is 6.75. The second kappa shape index (κ2) is 6.03. The van der Waals surface area contributed by atoms with E-state index in [1.807, 2.05) is 0 Å². The molecule has 0 N–H and O–H groups in total. The van der Waals surface area contributed by atoms with Crippen molar-refractivity contribution in [3.63, 3.8) is 0 Å². The molecule has 124 valence electrons. The van der Waals surface area contributed by atoms with Gasteiger partial charge in [-0.25, -0.2) is 8.78 Å². The highest BCUT2D eigenvalue weighted by Crippen LogP contribution is 2.28. The van der Waals surface area contributed by atoms with Crippen LogP contribution in [0.1, 0.15) is 5.56 Å². The molecule has 0 saturated carbocycles. The molecule has 0 aliphatic rings. The standard InChI is InChI=1S/C18H17F2N3O/c1-11-5-4-6-13(17(11)20)12-7-15-18(21-8-12)14(19)9-23(15)10-16(24)22(2)3/h4-9H,10H2,1-3H3. The van der Waals surface area contributed by atoms with Gasteiger partial charge in [0.2, 0.25) is 5.91 Å². The molecule has 3 aromatic rings. The molecule has 0 aliphatic heterocycles. The van der Waals surface area contributed by atoms with Gasteiger partial charge in [-0.15, -0.1) is 0 Å². The average Bonchev–Trinajstić information content (AvgIpc) is 2.85. The van der Waals surface area contributed by atoms with E-state index < -0.39 is 5.82 Å². The first kappa shape index (κ1) is 16.1. The van der Waals surface area contributed by atoms with Crippen LogP contribution in [0, 0.1) is 18.6 Å². The number of benzene rings is 1. The van der Waals surface area contributed by atoms with Gasteiger partial charge in [0, 0.05) is 37.6 Å². The lowest BCUT2D eigenvalue weighted by molar-refractivity contribution is -0.129. The van der Waals surface area contributed by atoms with Gasteiger partial charge in [0.05, 0.1) is 5.52 Å². The number of amides is 1. The second-order valence-corrected chi connectivity index (χ2v) is 5.92. The molecule has 1 amide bonds. The number of pyridine rings is 1. The van der Waals surface area contributed by atoms with Crippen LogP contribution in [-0.2, 0) is 11.3 Å². The lowest BCUT2D eigenvalue weighted by Gasteiger charge is -2.12. The van der Waals surface area contributed by atoms with E-state index in [1.165, 1.54) is 21.9 Å². The van der Waals surface area contributed by atoms with Gasteiger partial charge in [0.1, 0.15) is 17.9 Å². The third kappa shape index (κ3) is 2.75. The van der Waals surface area contributed by atoms with E-state index in [0.29, 0.717) is 22.2 Å². The Hall–Kier alpha value is -2.76. The number of carbonyl (C=O) groups excluding carboxylic acids is 1. The summed E-state index contributed by atoms with van der Waals surface area (Å²) in [5, 5.41) is 0. The van der Waals surface area contributed by atoms with Gasteiger partial charge in [-0.05, 0) is 18.6 Å². The number of carbonyl (C=O) groups is 1. The first-order valence-corrected chi connectivity index (χ1v) is 7.48. The van der Waals surface area contributed by atoms with Crippen LogP contribution in [0.25, 0.3) is 22.2 Å². The van der Waals surface area contributed by atoms with Crippen molar-refractivity contribution in [2.45, 2.75) is 13.5 Å². The summed E-state index contributed by atoms with van der Waals surface area (Å²) in [6.07, 6.45) is 2.69. The molecule has 0 saturated heterocycles. The van der Waals surface area contributed by atoms with Gasteiger partial charge in [-0.1, -0.05) is 18.2 Å². The maximum atomic E-state index is 14.3. The van der Waals surface area contributed by atoms with Crippen LogP contribution >= 0.6 is 0 Å². The molecular formula is C18H17F2N3O. The third-order valence-electron chi connectivity index (χ3n) is 3.98. The van der Waals surface area contributed by atoms with Crippen LogP contribution in [0.2, 0.25) is 0 Å². The van der Waals surface area contributed by atoms with Gasteiger partial charge >= 0.3 is 0 Å². The average molecular weight is 329 g/mol. The smallest absolute Gasteiger partial charge is 0.241 e. The zero-order chi connectivity index (χ0) is 17.4. The normalized spacial score (nSPS) is 11.0. The Morgan fingerprint density at radius 1 is 1.29 bits per heavy atom. The summed E-state index contributed by atoms with van der Waals surface area (Å²) in [4.78, 5) is 17.5. The van der Waals surface area contributed by atoms with E-state index in [1.54, 1.807) is 45.3 Å². The van der Waals surface area contributed by atoms with E-state index in [0.717, 1.165) is 0 Å². The fraction of sp³-hybridized carbons (Fsp3) is 0.222. The number of aromatic nitrogens is 2. The van der Waals surface area contributed by atoms with E-state index >= 15 is 0 Å². The van der Waals surface area contributed by atoms with Crippen LogP contribution in [0.15, 0.2) is 36.7 Å². The Kier molecular flexibility index (Phi) is 4.05. The number of nitrogens with zero attached hydrogens (tertiary/aromatic N) is 3. The van der Waals surface area contributed by atoms with Crippen LogP contribution in [0.4, 0.5) is 8.78 Å². The van der Waals surface area contributed by atoms with Crippen molar-refractivity contribution < 1.29 is 13.6 Å². The fourth-order valence-corrected chi connectivity index (χ4v) is 2.56. The molecule has 0 bridgehead atoms. The third-order valence-corrected chi connectivity index (χ3v) is 3.98. The Morgan fingerprint density at radius 2 is 2.04 bits per heavy atom. The molecule has 0 atom stereocenters. The number of fused-ring (bicyclic) bond motifs is 1. The number of likely N-dealkylation sites (N-methyl/N-ethyl adjacent to an activating group) is 1. The van der Waals surface area contributed by atoms with Crippen molar-refractivity contribution in [3.8, 4) is 11.1 Å². The number of aryl methyl sites for hydroxylation is 1. The first-order chi connectivity index (χ1) is 11.4. The molecule has 4 nitrogen and oxygen atoms in total. The van der Waals surface area contributed by atoms with Crippen molar-refractivity contribution in [2.75, 3.05) is 14.1 Å². The summed E-state index contributed by atoms with van der Waals surface area (Å²) in [5.74, 6) is -1.01. The molecule has 0 unspecified atom stereocenters. The number of rotatable bonds is 3. The lowest BCUT2D eigenvalue weighted by Crippen LogP contribution is -2.25. The lowest BCUT2D eigenvalue weighted by atomic mass is 10.0. The van der Waals surface area contributed by atoms with Crippen LogP contribution in [0.3, 0.4) is 0 Å². The molecular weight excluding hydrogens is 312 g/mol. The number of hydrogen-bond donors (Lipinski definition) is 0. The molecule has 2 heterocycles. The summed E-state index contributed by atoms with van der Waals surface area (Å²) < 4.78 is 29.9. The number of hydrogen-bond acceptors (Lipinski definition) is 2. The molecule has 0 spiro atoms. The van der Waals surface area contributed by atoms with Gasteiger partial charge < -0.3 is 9.47 Å². The minimum absolute atomic E-state index is 0.00511. The molecule has 2 aromatic heterocycles. The Bertz CT molecular complexity index is 931. The molecule has 3 rings (SSSR count). The Labute approximate surface area is 138 Å². The minimum Gasteiger partial charge on any atom is -0.347 e. The zero-order valence-electron chi connectivity index (χ0n) is 13.7. The van der Waals surface area contributed by atoms with Crippen LogP contribution in [0.5, 0.6) is 0 Å². The maximum absolute atomic E-state index is 14.3. The highest BCUT2D eigenvalue weighted by molar-refractivity contribution is 5.84. The monoisotopic (exact) mass is 329 g/mol. The molecule has 1 aromatic carbocycles. The minimum atomic E-state index is -0.507. The van der Waals surface area contributed by atoms with Crippen molar-refractivity contribution in [3.05, 3.63) is 53.9 Å². The van der Waals surface area contributed by atoms with Crippen molar-refractivity contribution >= 4 is 16.9 Å². The van der Waals surface area contributed by atoms with Gasteiger partial charge in [0.15, 0.2) is 5.82 Å². The molecule has 24 heavy (non-hydrogen) atoms. The van der Waals surface area contributed by atoms with E-state index in [-0.39, 0.29) is 23.8 Å². The van der Waals surface area contributed by atoms with Gasteiger partial charge in [-0.2, -0.15) is 0 Å². The molecule has 0 radical (unpaired) electrons.